The number of nitrogens with zero attached hydrogens (tertiary/aromatic N) is 4. The second-order valence-electron chi connectivity index (χ2n) is 7.64. The van der Waals surface area contributed by atoms with Gasteiger partial charge in [0, 0.05) is 49.4 Å². The summed E-state index contributed by atoms with van der Waals surface area (Å²) in [6.07, 6.45) is 14.7. The number of hydrogen-bond acceptors (Lipinski definition) is 4. The average Bonchev–Trinajstić information content (AvgIpc) is 3.68. The van der Waals surface area contributed by atoms with Crippen LogP contribution in [0.1, 0.15) is 63.3 Å². The number of allylic oxidation sites excluding steroid dienone is 5. The van der Waals surface area contributed by atoms with Crippen molar-refractivity contribution in [2.45, 2.75) is 52.9 Å². The summed E-state index contributed by atoms with van der Waals surface area (Å²) in [5, 5.41) is 0. The van der Waals surface area contributed by atoms with Gasteiger partial charge in [0.15, 0.2) is 5.49 Å². The summed E-state index contributed by atoms with van der Waals surface area (Å²) in [4.78, 5) is 13.8. The Morgan fingerprint density at radius 3 is 2.64 bits per heavy atom. The summed E-state index contributed by atoms with van der Waals surface area (Å²) < 4.78 is 7.46. The van der Waals surface area contributed by atoms with E-state index in [9.17, 15) is 0 Å². The zero-order valence-corrected chi connectivity index (χ0v) is 21.0. The number of methoxy groups -OCH3 is 1. The number of rotatable bonds is 10. The largest absolute Gasteiger partial charge is 0.497 e. The van der Waals surface area contributed by atoms with Gasteiger partial charge in [0.05, 0.1) is 7.11 Å². The van der Waals surface area contributed by atoms with Crippen molar-refractivity contribution in [1.29, 1.82) is 0 Å². The van der Waals surface area contributed by atoms with Gasteiger partial charge in [-0.3, -0.25) is 9.98 Å². The van der Waals surface area contributed by atoms with Crippen molar-refractivity contribution in [3.05, 3.63) is 83.4 Å². The first kappa shape index (κ1) is 26.0. The maximum absolute atomic E-state index is 5.48. The number of ether oxygens (including phenoxy) is 1. The molecular formula is C28H38N4O. The zero-order chi connectivity index (χ0) is 24.2. The van der Waals surface area contributed by atoms with E-state index in [1.807, 2.05) is 57.8 Å². The van der Waals surface area contributed by atoms with E-state index >= 15 is 0 Å². The maximum atomic E-state index is 5.48. The normalized spacial score (nSPS) is 13.8. The molecule has 0 saturated carbocycles. The van der Waals surface area contributed by atoms with Gasteiger partial charge in [-0.2, -0.15) is 0 Å². The van der Waals surface area contributed by atoms with Crippen LogP contribution in [0.5, 0.6) is 5.75 Å². The number of aromatic nitrogens is 2. The summed E-state index contributed by atoms with van der Waals surface area (Å²) in [7, 11) is 3.70. The van der Waals surface area contributed by atoms with E-state index < -0.39 is 0 Å². The molecule has 5 heteroatoms. The number of aryl methyl sites for hydroxylation is 2. The predicted molar refractivity (Wildman–Crippen MR) is 140 cm³/mol. The summed E-state index contributed by atoms with van der Waals surface area (Å²) in [5.74, 6) is 1.39. The van der Waals surface area contributed by atoms with Gasteiger partial charge in [-0.25, -0.2) is 4.99 Å². The molecule has 0 saturated heterocycles. The summed E-state index contributed by atoms with van der Waals surface area (Å²) in [5.41, 5.74) is 6.02. The Balaban J connectivity index is 0.00000187. The average molecular weight is 447 g/mol. The molecule has 1 aliphatic carbocycles. The van der Waals surface area contributed by atoms with Gasteiger partial charge in [-0.05, 0) is 56.4 Å². The van der Waals surface area contributed by atoms with Crippen LogP contribution in [0.15, 0.2) is 71.1 Å². The molecular weight excluding hydrogens is 408 g/mol. The van der Waals surface area contributed by atoms with E-state index in [1.54, 1.807) is 13.3 Å². The zero-order valence-electron chi connectivity index (χ0n) is 21.0. The van der Waals surface area contributed by atoms with Gasteiger partial charge in [0.1, 0.15) is 11.4 Å². The van der Waals surface area contributed by atoms with Crippen LogP contribution in [0.4, 0.5) is 0 Å². The van der Waals surface area contributed by atoms with Crippen LogP contribution >= 0.6 is 0 Å². The Morgan fingerprint density at radius 1 is 1.24 bits per heavy atom. The smallest absolute Gasteiger partial charge is 0.159 e. The molecule has 0 amide bonds. The van der Waals surface area contributed by atoms with Crippen LogP contribution in [-0.4, -0.2) is 29.4 Å². The lowest BCUT2D eigenvalue weighted by molar-refractivity contribution is 0.413. The molecule has 1 aliphatic rings. The van der Waals surface area contributed by atoms with Crippen molar-refractivity contribution in [2.24, 2.45) is 17.0 Å². The van der Waals surface area contributed by atoms with Gasteiger partial charge in [-0.1, -0.05) is 44.7 Å². The standard InChI is InChI=1S/C26H32N4O.C2H6/c1-6-21(18-27-7-2)25-26(30(4)14-13-28-25)29-19(3)9-8-10-20-15-23(22-11-12-22)17-24(16-20)31-5;1-2/h6,11-18,22H,3,7-10H2,1-2,4-5H3;1-2H3/b21-6+,27-18?,29-26?;. The second-order valence-corrected chi connectivity index (χ2v) is 7.64. The Morgan fingerprint density at radius 2 is 2.00 bits per heavy atom. The van der Waals surface area contributed by atoms with Gasteiger partial charge in [-0.15, -0.1) is 0 Å². The number of hydrogen-bond donors (Lipinski definition) is 0. The lowest BCUT2D eigenvalue weighted by atomic mass is 10.0. The lowest BCUT2D eigenvalue weighted by Gasteiger charge is -2.10. The summed E-state index contributed by atoms with van der Waals surface area (Å²) >= 11 is 0. The Labute approximate surface area is 199 Å². The molecule has 5 nitrogen and oxygen atoms in total. The first-order valence-corrected chi connectivity index (χ1v) is 11.8. The first-order chi connectivity index (χ1) is 16.0. The fourth-order valence-corrected chi connectivity index (χ4v) is 3.42. The van der Waals surface area contributed by atoms with Crippen LogP contribution < -0.4 is 10.2 Å². The maximum Gasteiger partial charge on any atom is 0.159 e. The molecule has 1 aromatic heterocycles. The van der Waals surface area contributed by atoms with E-state index in [-0.39, 0.29) is 0 Å². The van der Waals surface area contributed by atoms with Crippen molar-refractivity contribution in [2.75, 3.05) is 13.7 Å². The van der Waals surface area contributed by atoms with Crippen LogP contribution in [-0.2, 0) is 13.5 Å². The highest BCUT2D eigenvalue weighted by molar-refractivity contribution is 6.08. The highest BCUT2D eigenvalue weighted by Crippen LogP contribution is 2.33. The summed E-state index contributed by atoms with van der Waals surface area (Å²) in [6.45, 7) is 12.9. The van der Waals surface area contributed by atoms with Crippen molar-refractivity contribution < 1.29 is 4.74 Å². The minimum Gasteiger partial charge on any atom is -0.497 e. The highest BCUT2D eigenvalue weighted by Gasteiger charge is 2.15. The minimum atomic E-state index is 0.472. The minimum absolute atomic E-state index is 0.472. The van der Waals surface area contributed by atoms with Crippen LogP contribution in [0.2, 0.25) is 0 Å². The molecule has 0 spiro atoms. The molecule has 3 rings (SSSR count). The van der Waals surface area contributed by atoms with Gasteiger partial charge < -0.3 is 9.30 Å². The monoisotopic (exact) mass is 446 g/mol. The molecule has 0 atom stereocenters. The third-order valence-corrected chi connectivity index (χ3v) is 5.23. The Kier molecular flexibility index (Phi) is 10.5. The first-order valence-electron chi connectivity index (χ1n) is 11.8. The second kappa shape index (κ2) is 13.4. The fraction of sp³-hybridized carbons (Fsp3) is 0.393. The molecule has 1 heterocycles. The lowest BCUT2D eigenvalue weighted by Crippen LogP contribution is -2.24. The molecule has 0 aliphatic heterocycles. The Bertz CT molecular complexity index is 1080. The molecule has 176 valence electrons. The van der Waals surface area contributed by atoms with E-state index in [4.69, 9.17) is 9.73 Å². The predicted octanol–water partition coefficient (Wildman–Crippen LogP) is 6.04. The number of benzene rings is 1. The summed E-state index contributed by atoms with van der Waals surface area (Å²) in [6, 6.07) is 6.52. The van der Waals surface area contributed by atoms with Crippen molar-refractivity contribution in [3.63, 3.8) is 0 Å². The molecule has 0 radical (unpaired) electrons. The van der Waals surface area contributed by atoms with Crippen LogP contribution in [0.3, 0.4) is 0 Å². The molecule has 1 aromatic carbocycles. The topological polar surface area (TPSA) is 51.8 Å². The molecule has 2 aromatic rings. The molecule has 0 unspecified atom stereocenters. The van der Waals surface area contributed by atoms with Crippen molar-refractivity contribution in [1.82, 2.24) is 9.55 Å². The van der Waals surface area contributed by atoms with Gasteiger partial charge in [0.2, 0.25) is 0 Å². The van der Waals surface area contributed by atoms with E-state index in [2.05, 4.69) is 46.9 Å². The van der Waals surface area contributed by atoms with Crippen LogP contribution in [0.25, 0.3) is 5.57 Å². The van der Waals surface area contributed by atoms with E-state index in [0.717, 1.165) is 54.0 Å². The fourth-order valence-electron chi connectivity index (χ4n) is 3.42. The highest BCUT2D eigenvalue weighted by atomic mass is 16.5. The van der Waals surface area contributed by atoms with Crippen molar-refractivity contribution >= 4 is 11.8 Å². The third kappa shape index (κ3) is 7.70. The molecule has 0 N–H and O–H groups in total. The quantitative estimate of drug-likeness (QED) is 0.330. The Hall–Kier alpha value is -3.21. The van der Waals surface area contributed by atoms with Crippen LogP contribution in [0, 0.1) is 0 Å². The van der Waals surface area contributed by atoms with Crippen molar-refractivity contribution in [3.8, 4) is 5.75 Å². The number of aliphatic imine (C=N–C) groups is 1. The molecule has 33 heavy (non-hydrogen) atoms. The van der Waals surface area contributed by atoms with Gasteiger partial charge >= 0.3 is 0 Å². The third-order valence-electron chi connectivity index (χ3n) is 5.23. The van der Waals surface area contributed by atoms with Gasteiger partial charge in [0.25, 0.3) is 0 Å². The van der Waals surface area contributed by atoms with E-state index in [0.29, 0.717) is 5.92 Å². The van der Waals surface area contributed by atoms with E-state index in [1.165, 1.54) is 11.1 Å². The molecule has 0 bridgehead atoms. The SMILES string of the molecule is C=C(CCCc1cc(OC)cc(C2C=C2)c1)N=c1c(/C(C=NCC)=C/C)nccn1C.CC. The molecule has 0 fully saturated rings.